The van der Waals surface area contributed by atoms with Crippen LogP contribution in [0.25, 0.3) is 0 Å². The van der Waals surface area contributed by atoms with Gasteiger partial charge in [0.05, 0.1) is 11.3 Å². The van der Waals surface area contributed by atoms with Gasteiger partial charge >= 0.3 is 6.18 Å². The molecule has 0 fully saturated rings. The zero-order chi connectivity index (χ0) is 15.6. The van der Waals surface area contributed by atoms with Crippen molar-refractivity contribution < 1.29 is 22.8 Å². The minimum absolute atomic E-state index is 0.121. The van der Waals surface area contributed by atoms with Gasteiger partial charge in [-0.25, -0.2) is 0 Å². The number of carbonyl (C=O) groups excluding carboxylic acids is 2. The van der Waals surface area contributed by atoms with Crippen LogP contribution in [0.2, 0.25) is 0 Å². The minimum atomic E-state index is -4.44. The highest BCUT2D eigenvalue weighted by atomic mass is 19.4. The highest BCUT2D eigenvalue weighted by molar-refractivity contribution is 6.46. The summed E-state index contributed by atoms with van der Waals surface area (Å²) < 4.78 is 38.7. The van der Waals surface area contributed by atoms with Crippen LogP contribution in [0.4, 0.5) is 18.9 Å². The van der Waals surface area contributed by atoms with Crippen LogP contribution in [-0.2, 0) is 18.0 Å². The molecule has 0 unspecified atom stereocenters. The van der Waals surface area contributed by atoms with E-state index in [-0.39, 0.29) is 11.4 Å². The number of aryl methyl sites for hydroxylation is 1. The Morgan fingerprint density at radius 3 is 2.19 bits per heavy atom. The number of ketones is 1. The molecule has 1 amide bonds. The van der Waals surface area contributed by atoms with Crippen LogP contribution in [0, 0.1) is 0 Å². The second kappa shape index (κ2) is 5.43. The number of hydrogen-bond acceptors (Lipinski definition) is 2. The number of alkyl halides is 3. The van der Waals surface area contributed by atoms with Crippen molar-refractivity contribution in [2.24, 2.45) is 7.05 Å². The second-order valence-corrected chi connectivity index (χ2v) is 4.36. The largest absolute Gasteiger partial charge is 0.416 e. The standard InChI is InChI=1S/C14H11F3N2O2/c1-19-8-2-3-11(19)12(20)13(21)18-10-6-4-9(5-7-10)14(15,16)17/h2-8H,1H3,(H,18,21). The molecule has 1 heterocycles. The maximum absolute atomic E-state index is 12.4. The number of nitrogens with zero attached hydrogens (tertiary/aromatic N) is 1. The van der Waals surface area contributed by atoms with Crippen LogP contribution in [0.5, 0.6) is 0 Å². The van der Waals surface area contributed by atoms with E-state index in [1.807, 2.05) is 0 Å². The lowest BCUT2D eigenvalue weighted by Crippen LogP contribution is -2.24. The molecule has 1 N–H and O–H groups in total. The van der Waals surface area contributed by atoms with Gasteiger partial charge in [0.25, 0.3) is 11.7 Å². The predicted molar refractivity (Wildman–Crippen MR) is 69.8 cm³/mol. The molecule has 0 aliphatic rings. The van der Waals surface area contributed by atoms with Crippen LogP contribution in [0.15, 0.2) is 42.6 Å². The third-order valence-corrected chi connectivity index (χ3v) is 2.85. The first-order valence-electron chi connectivity index (χ1n) is 5.93. The van der Waals surface area contributed by atoms with Gasteiger partial charge in [0.1, 0.15) is 0 Å². The fourth-order valence-electron chi connectivity index (χ4n) is 1.74. The molecule has 1 aromatic heterocycles. The molecular formula is C14H11F3N2O2. The fourth-order valence-corrected chi connectivity index (χ4v) is 1.74. The summed E-state index contributed by atoms with van der Waals surface area (Å²) in [6.45, 7) is 0. The van der Waals surface area contributed by atoms with E-state index < -0.39 is 23.4 Å². The minimum Gasteiger partial charge on any atom is -0.348 e. The predicted octanol–water partition coefficient (Wildman–Crippen LogP) is 2.87. The molecule has 0 radical (unpaired) electrons. The molecular weight excluding hydrogens is 285 g/mol. The number of benzene rings is 1. The fraction of sp³-hybridized carbons (Fsp3) is 0.143. The lowest BCUT2D eigenvalue weighted by atomic mass is 10.2. The molecule has 1 aromatic carbocycles. The summed E-state index contributed by atoms with van der Waals surface area (Å²) >= 11 is 0. The number of rotatable bonds is 3. The molecule has 0 aliphatic carbocycles. The lowest BCUT2D eigenvalue weighted by molar-refractivity contribution is -0.137. The van der Waals surface area contributed by atoms with Crippen molar-refractivity contribution in [1.82, 2.24) is 4.57 Å². The number of hydrogen-bond donors (Lipinski definition) is 1. The Hall–Kier alpha value is -2.57. The Morgan fingerprint density at radius 1 is 1.10 bits per heavy atom. The van der Waals surface area contributed by atoms with Gasteiger partial charge in [-0.15, -0.1) is 0 Å². The van der Waals surface area contributed by atoms with Gasteiger partial charge in [0, 0.05) is 18.9 Å². The molecule has 0 bridgehead atoms. The van der Waals surface area contributed by atoms with E-state index in [1.165, 1.54) is 10.6 Å². The summed E-state index contributed by atoms with van der Waals surface area (Å²) in [5, 5.41) is 2.27. The lowest BCUT2D eigenvalue weighted by Gasteiger charge is -2.08. The smallest absolute Gasteiger partial charge is 0.348 e. The normalized spacial score (nSPS) is 11.2. The number of aromatic nitrogens is 1. The van der Waals surface area contributed by atoms with Crippen molar-refractivity contribution in [3.8, 4) is 0 Å². The van der Waals surface area contributed by atoms with E-state index in [2.05, 4.69) is 5.32 Å². The molecule has 110 valence electrons. The molecule has 0 saturated carbocycles. The molecule has 2 rings (SSSR count). The van der Waals surface area contributed by atoms with Crippen LogP contribution < -0.4 is 5.32 Å². The van der Waals surface area contributed by atoms with Crippen LogP contribution in [0.3, 0.4) is 0 Å². The van der Waals surface area contributed by atoms with E-state index in [9.17, 15) is 22.8 Å². The molecule has 0 aliphatic heterocycles. The van der Waals surface area contributed by atoms with Gasteiger partial charge in [-0.1, -0.05) is 0 Å². The van der Waals surface area contributed by atoms with Crippen LogP contribution in [0.1, 0.15) is 16.1 Å². The van der Waals surface area contributed by atoms with E-state index in [0.717, 1.165) is 24.3 Å². The number of anilines is 1. The van der Waals surface area contributed by atoms with Crippen molar-refractivity contribution in [3.63, 3.8) is 0 Å². The van der Waals surface area contributed by atoms with Crippen molar-refractivity contribution >= 4 is 17.4 Å². The SMILES string of the molecule is Cn1cccc1C(=O)C(=O)Nc1ccc(C(F)(F)F)cc1. The van der Waals surface area contributed by atoms with E-state index in [0.29, 0.717) is 0 Å². The highest BCUT2D eigenvalue weighted by Gasteiger charge is 2.30. The third kappa shape index (κ3) is 3.31. The first kappa shape index (κ1) is 14.8. The maximum Gasteiger partial charge on any atom is 0.416 e. The molecule has 4 nitrogen and oxygen atoms in total. The monoisotopic (exact) mass is 296 g/mol. The summed E-state index contributed by atoms with van der Waals surface area (Å²) in [5.41, 5.74) is -0.510. The third-order valence-electron chi connectivity index (χ3n) is 2.85. The Labute approximate surface area is 118 Å². The van der Waals surface area contributed by atoms with E-state index >= 15 is 0 Å². The Bertz CT molecular complexity index is 672. The average Bonchev–Trinajstić information content (AvgIpc) is 2.83. The molecule has 0 saturated heterocycles. The first-order valence-corrected chi connectivity index (χ1v) is 5.93. The summed E-state index contributed by atoms with van der Waals surface area (Å²) in [7, 11) is 1.61. The zero-order valence-corrected chi connectivity index (χ0v) is 10.9. The Balaban J connectivity index is 2.10. The van der Waals surface area contributed by atoms with Crippen molar-refractivity contribution in [2.75, 3.05) is 5.32 Å². The van der Waals surface area contributed by atoms with Crippen LogP contribution >= 0.6 is 0 Å². The van der Waals surface area contributed by atoms with Gasteiger partial charge in [0.15, 0.2) is 0 Å². The topological polar surface area (TPSA) is 51.1 Å². The summed E-state index contributed by atoms with van der Waals surface area (Å²) in [6.07, 6.45) is -2.83. The Morgan fingerprint density at radius 2 is 1.71 bits per heavy atom. The number of nitrogens with one attached hydrogen (secondary N) is 1. The highest BCUT2D eigenvalue weighted by Crippen LogP contribution is 2.29. The first-order chi connectivity index (χ1) is 9.79. The van der Waals surface area contributed by atoms with Crippen molar-refractivity contribution in [1.29, 1.82) is 0 Å². The number of carbonyl (C=O) groups is 2. The quantitative estimate of drug-likeness (QED) is 0.699. The van der Waals surface area contributed by atoms with E-state index in [4.69, 9.17) is 0 Å². The molecule has 0 spiro atoms. The molecule has 7 heteroatoms. The van der Waals surface area contributed by atoms with Gasteiger partial charge < -0.3 is 9.88 Å². The summed E-state index contributed by atoms with van der Waals surface area (Å²) in [4.78, 5) is 23.6. The van der Waals surface area contributed by atoms with Crippen molar-refractivity contribution in [3.05, 3.63) is 53.9 Å². The molecule has 21 heavy (non-hydrogen) atoms. The maximum atomic E-state index is 12.4. The molecule has 0 atom stereocenters. The van der Waals surface area contributed by atoms with Gasteiger partial charge in [-0.3, -0.25) is 9.59 Å². The van der Waals surface area contributed by atoms with Gasteiger partial charge in [-0.05, 0) is 36.4 Å². The number of halogens is 3. The van der Waals surface area contributed by atoms with E-state index in [1.54, 1.807) is 19.3 Å². The molecule has 2 aromatic rings. The summed E-state index contributed by atoms with van der Waals surface area (Å²) in [6, 6.07) is 6.95. The second-order valence-electron chi connectivity index (χ2n) is 4.36. The van der Waals surface area contributed by atoms with Gasteiger partial charge in [0.2, 0.25) is 0 Å². The average molecular weight is 296 g/mol. The Kier molecular flexibility index (Phi) is 3.84. The van der Waals surface area contributed by atoms with Crippen LogP contribution in [-0.4, -0.2) is 16.3 Å². The summed E-state index contributed by atoms with van der Waals surface area (Å²) in [5.74, 6) is -1.67. The van der Waals surface area contributed by atoms with Crippen molar-refractivity contribution in [2.45, 2.75) is 6.18 Å². The number of amides is 1. The zero-order valence-electron chi connectivity index (χ0n) is 10.9. The van der Waals surface area contributed by atoms with Gasteiger partial charge in [-0.2, -0.15) is 13.2 Å². The number of Topliss-reactive ketones (excluding diaryl/α,β-unsaturated/α-hetero) is 1.